The Kier molecular flexibility index (Phi) is 3.26. The number of benzene rings is 1. The molecule has 106 valence electrons. The summed E-state index contributed by atoms with van der Waals surface area (Å²) in [6, 6.07) is 8.28. The maximum Gasteiger partial charge on any atom is 0.256 e. The Morgan fingerprint density at radius 2 is 2.05 bits per heavy atom. The Bertz CT molecular complexity index is 646. The molecule has 4 heteroatoms. The number of nitrogens with one attached hydrogen (secondary N) is 1. The van der Waals surface area contributed by atoms with Crippen molar-refractivity contribution in [1.82, 2.24) is 14.8 Å². The lowest BCUT2D eigenvalue weighted by Crippen LogP contribution is -2.52. The molecule has 1 unspecified atom stereocenters. The molecule has 1 aromatic carbocycles. The van der Waals surface area contributed by atoms with Crippen molar-refractivity contribution in [1.29, 1.82) is 0 Å². The van der Waals surface area contributed by atoms with Gasteiger partial charge in [0.25, 0.3) is 5.91 Å². The Hall–Kier alpha value is -1.81. The quantitative estimate of drug-likeness (QED) is 0.864. The first-order chi connectivity index (χ1) is 9.58. The van der Waals surface area contributed by atoms with Crippen molar-refractivity contribution in [2.24, 2.45) is 0 Å². The van der Waals surface area contributed by atoms with Gasteiger partial charge in [-0.2, -0.15) is 0 Å². The largest absolute Gasteiger partial charge is 0.358 e. The van der Waals surface area contributed by atoms with Crippen LogP contribution in [0.2, 0.25) is 0 Å². The second kappa shape index (κ2) is 4.94. The molecule has 1 aromatic heterocycles. The molecule has 0 spiro atoms. The third-order valence-corrected chi connectivity index (χ3v) is 4.20. The van der Waals surface area contributed by atoms with Gasteiger partial charge in [0.05, 0.1) is 5.56 Å². The number of carbonyl (C=O) groups excluding carboxylic acids is 1. The van der Waals surface area contributed by atoms with E-state index in [1.165, 1.54) is 0 Å². The normalized spacial score (nSPS) is 20.6. The van der Waals surface area contributed by atoms with E-state index in [9.17, 15) is 4.79 Å². The van der Waals surface area contributed by atoms with Crippen LogP contribution < -0.4 is 0 Å². The van der Waals surface area contributed by atoms with E-state index in [0.29, 0.717) is 0 Å². The van der Waals surface area contributed by atoms with Crippen molar-refractivity contribution >= 4 is 16.8 Å². The molecular weight excluding hydrogens is 250 g/mol. The first-order valence-corrected chi connectivity index (χ1v) is 7.14. The zero-order chi connectivity index (χ0) is 14.3. The maximum absolute atomic E-state index is 12.9. The number of amides is 1. The predicted molar refractivity (Wildman–Crippen MR) is 81.0 cm³/mol. The number of fused-ring (bicyclic) bond motifs is 1. The smallest absolute Gasteiger partial charge is 0.256 e. The van der Waals surface area contributed by atoms with Crippen LogP contribution in [0.5, 0.6) is 0 Å². The summed E-state index contributed by atoms with van der Waals surface area (Å²) in [7, 11) is 2.11. The molecule has 1 aliphatic rings. The number of carbonyl (C=O) groups is 1. The van der Waals surface area contributed by atoms with Crippen molar-refractivity contribution < 1.29 is 4.79 Å². The zero-order valence-corrected chi connectivity index (χ0v) is 12.3. The Balaban J connectivity index is 1.98. The van der Waals surface area contributed by atoms with Crippen LogP contribution >= 0.6 is 0 Å². The fourth-order valence-electron chi connectivity index (χ4n) is 3.14. The van der Waals surface area contributed by atoms with E-state index in [1.54, 1.807) is 0 Å². The van der Waals surface area contributed by atoms with E-state index >= 15 is 0 Å². The van der Waals surface area contributed by atoms with E-state index in [1.807, 2.05) is 36.1 Å². The van der Waals surface area contributed by atoms with Gasteiger partial charge < -0.3 is 14.8 Å². The van der Waals surface area contributed by atoms with Gasteiger partial charge in [0.15, 0.2) is 0 Å². The van der Waals surface area contributed by atoms with Gasteiger partial charge in [-0.05, 0) is 27.0 Å². The highest BCUT2D eigenvalue weighted by Gasteiger charge is 2.29. The van der Waals surface area contributed by atoms with Crippen molar-refractivity contribution in [3.63, 3.8) is 0 Å². The van der Waals surface area contributed by atoms with Crippen LogP contribution in [-0.4, -0.2) is 53.4 Å². The molecular formula is C16H21N3O. The van der Waals surface area contributed by atoms with E-state index in [-0.39, 0.29) is 11.9 Å². The number of aromatic amines is 1. The molecule has 1 saturated heterocycles. The number of aryl methyl sites for hydroxylation is 1. The third-order valence-electron chi connectivity index (χ3n) is 4.20. The van der Waals surface area contributed by atoms with Crippen LogP contribution in [0.15, 0.2) is 24.3 Å². The van der Waals surface area contributed by atoms with Crippen molar-refractivity contribution in [2.45, 2.75) is 19.9 Å². The molecule has 3 rings (SSSR count). The molecule has 0 aliphatic carbocycles. The number of nitrogens with zero attached hydrogens (tertiary/aromatic N) is 2. The summed E-state index contributed by atoms with van der Waals surface area (Å²) in [5.74, 6) is 0.153. The number of H-pyrrole nitrogens is 1. The standard InChI is InChI=1S/C16H21N3O/c1-11-10-18(3)8-9-19(11)16(20)15-12(2)17-14-7-5-4-6-13(14)15/h4-7,11,17H,8-10H2,1-3H3. The lowest BCUT2D eigenvalue weighted by Gasteiger charge is -2.38. The molecule has 1 aliphatic heterocycles. The van der Waals surface area contributed by atoms with E-state index in [4.69, 9.17) is 0 Å². The Labute approximate surface area is 119 Å². The molecule has 1 fully saturated rings. The fraction of sp³-hybridized carbons (Fsp3) is 0.438. The third kappa shape index (κ3) is 2.10. The molecule has 20 heavy (non-hydrogen) atoms. The minimum absolute atomic E-state index is 0.153. The number of likely N-dealkylation sites (N-methyl/N-ethyl adjacent to an activating group) is 1. The van der Waals surface area contributed by atoms with Gasteiger partial charge in [0, 0.05) is 42.3 Å². The van der Waals surface area contributed by atoms with Crippen LogP contribution in [0.25, 0.3) is 10.9 Å². The van der Waals surface area contributed by atoms with Crippen molar-refractivity contribution in [3.05, 3.63) is 35.5 Å². The zero-order valence-electron chi connectivity index (χ0n) is 12.3. The summed E-state index contributed by atoms with van der Waals surface area (Å²) < 4.78 is 0. The fourth-order valence-corrected chi connectivity index (χ4v) is 3.14. The summed E-state index contributed by atoms with van der Waals surface area (Å²) >= 11 is 0. The van der Waals surface area contributed by atoms with Crippen LogP contribution in [-0.2, 0) is 0 Å². The van der Waals surface area contributed by atoms with Crippen LogP contribution in [0.1, 0.15) is 23.0 Å². The van der Waals surface area contributed by atoms with Gasteiger partial charge >= 0.3 is 0 Å². The summed E-state index contributed by atoms with van der Waals surface area (Å²) in [4.78, 5) is 20.5. The van der Waals surface area contributed by atoms with Crippen molar-refractivity contribution in [2.75, 3.05) is 26.7 Å². The number of piperazine rings is 1. The SMILES string of the molecule is Cc1[nH]c2ccccc2c1C(=O)N1CCN(C)CC1C. The molecule has 1 amide bonds. The Morgan fingerprint density at radius 3 is 2.80 bits per heavy atom. The lowest BCUT2D eigenvalue weighted by molar-refractivity contribution is 0.0535. The number of rotatable bonds is 1. The van der Waals surface area contributed by atoms with Gasteiger partial charge in [-0.15, -0.1) is 0 Å². The molecule has 0 radical (unpaired) electrons. The van der Waals surface area contributed by atoms with Gasteiger partial charge in [-0.1, -0.05) is 18.2 Å². The number of para-hydroxylation sites is 1. The molecule has 1 N–H and O–H groups in total. The summed E-state index contributed by atoms with van der Waals surface area (Å²) in [6.07, 6.45) is 0. The summed E-state index contributed by atoms with van der Waals surface area (Å²) in [6.45, 7) is 6.78. The number of aromatic nitrogens is 1. The average Bonchev–Trinajstić information content (AvgIpc) is 2.73. The van der Waals surface area contributed by atoms with Gasteiger partial charge in [-0.3, -0.25) is 4.79 Å². The number of hydrogen-bond donors (Lipinski definition) is 1. The van der Waals surface area contributed by atoms with Crippen LogP contribution in [0.3, 0.4) is 0 Å². The molecule has 0 saturated carbocycles. The summed E-state index contributed by atoms with van der Waals surface area (Å²) in [5, 5.41) is 1.03. The first-order valence-electron chi connectivity index (χ1n) is 7.14. The Morgan fingerprint density at radius 1 is 1.30 bits per heavy atom. The van der Waals surface area contributed by atoms with Crippen LogP contribution in [0.4, 0.5) is 0 Å². The average molecular weight is 271 g/mol. The van der Waals surface area contributed by atoms with E-state index in [2.05, 4.69) is 23.9 Å². The second-order valence-electron chi connectivity index (χ2n) is 5.78. The van der Waals surface area contributed by atoms with Gasteiger partial charge in [0.1, 0.15) is 0 Å². The second-order valence-corrected chi connectivity index (χ2v) is 5.78. The molecule has 1 atom stereocenters. The summed E-state index contributed by atoms with van der Waals surface area (Å²) in [5.41, 5.74) is 2.83. The minimum Gasteiger partial charge on any atom is -0.358 e. The minimum atomic E-state index is 0.153. The van der Waals surface area contributed by atoms with Crippen LogP contribution in [0, 0.1) is 6.92 Å². The van der Waals surface area contributed by atoms with Crippen molar-refractivity contribution in [3.8, 4) is 0 Å². The highest BCUT2D eigenvalue weighted by Crippen LogP contribution is 2.24. The molecule has 2 heterocycles. The topological polar surface area (TPSA) is 39.3 Å². The predicted octanol–water partition coefficient (Wildman–Crippen LogP) is 2.25. The van der Waals surface area contributed by atoms with Gasteiger partial charge in [0.2, 0.25) is 0 Å². The number of hydrogen-bond acceptors (Lipinski definition) is 2. The lowest BCUT2D eigenvalue weighted by atomic mass is 10.1. The highest BCUT2D eigenvalue weighted by molar-refractivity contribution is 6.08. The first kappa shape index (κ1) is 13.2. The molecule has 4 nitrogen and oxygen atoms in total. The van der Waals surface area contributed by atoms with Gasteiger partial charge in [-0.25, -0.2) is 0 Å². The molecule has 2 aromatic rings. The highest BCUT2D eigenvalue weighted by atomic mass is 16.2. The monoisotopic (exact) mass is 271 g/mol. The molecule has 0 bridgehead atoms. The van der Waals surface area contributed by atoms with E-state index < -0.39 is 0 Å². The van der Waals surface area contributed by atoms with E-state index in [0.717, 1.165) is 41.8 Å². The maximum atomic E-state index is 12.9.